The smallest absolute Gasteiger partial charge is 0.338 e. The van der Waals surface area contributed by atoms with Gasteiger partial charge in [0, 0.05) is 11.3 Å². The summed E-state index contributed by atoms with van der Waals surface area (Å²) in [5.74, 6) is -0.202. The molecule has 12 heteroatoms. The van der Waals surface area contributed by atoms with Crippen LogP contribution in [0.2, 0.25) is 10.0 Å². The molecule has 0 saturated carbocycles. The third-order valence-corrected chi connectivity index (χ3v) is 5.85. The molecule has 0 unspecified atom stereocenters. The van der Waals surface area contributed by atoms with E-state index in [9.17, 15) is 9.59 Å². The lowest BCUT2D eigenvalue weighted by atomic mass is 9.95. The third kappa shape index (κ3) is 7.34. The molecule has 0 aromatic heterocycles. The predicted octanol–water partition coefficient (Wildman–Crippen LogP) is 4.28. The van der Waals surface area contributed by atoms with Crippen molar-refractivity contribution in [3.05, 3.63) is 68.8 Å². The lowest BCUT2D eigenvalue weighted by Gasteiger charge is -2.30. The summed E-state index contributed by atoms with van der Waals surface area (Å²) in [6.45, 7) is 5.62. The van der Waals surface area contributed by atoms with Gasteiger partial charge in [-0.1, -0.05) is 41.4 Å². The molecule has 3 N–H and O–H groups in total. The van der Waals surface area contributed by atoms with E-state index in [1.165, 1.54) is 6.21 Å². The van der Waals surface area contributed by atoms with Crippen LogP contribution in [0.3, 0.4) is 0 Å². The van der Waals surface area contributed by atoms with E-state index < -0.39 is 17.9 Å². The first-order chi connectivity index (χ1) is 17.7. The number of nitrogens with one attached hydrogen (secondary N) is 3. The van der Waals surface area contributed by atoms with Gasteiger partial charge in [-0.25, -0.2) is 10.2 Å². The van der Waals surface area contributed by atoms with Crippen molar-refractivity contribution in [1.29, 1.82) is 0 Å². The molecule has 2 aromatic carbocycles. The zero-order valence-electron chi connectivity index (χ0n) is 20.4. The highest BCUT2D eigenvalue weighted by molar-refractivity contribution is 7.80. The molecule has 37 heavy (non-hydrogen) atoms. The van der Waals surface area contributed by atoms with Crippen LogP contribution < -0.4 is 25.5 Å². The normalized spacial score (nSPS) is 15.2. The lowest BCUT2D eigenvalue weighted by molar-refractivity contribution is -0.139. The van der Waals surface area contributed by atoms with Crippen LogP contribution >= 0.6 is 35.4 Å². The van der Waals surface area contributed by atoms with Crippen LogP contribution in [-0.4, -0.2) is 43.0 Å². The summed E-state index contributed by atoms with van der Waals surface area (Å²) in [6.07, 6.45) is 1.40. The van der Waals surface area contributed by atoms with Crippen molar-refractivity contribution in [2.75, 3.05) is 19.8 Å². The number of hydrazone groups is 1. The number of thiocarbonyl (C=S) groups is 1. The van der Waals surface area contributed by atoms with Gasteiger partial charge in [0.05, 0.1) is 41.1 Å². The van der Waals surface area contributed by atoms with E-state index in [4.69, 9.17) is 49.6 Å². The van der Waals surface area contributed by atoms with Crippen molar-refractivity contribution in [1.82, 2.24) is 16.1 Å². The number of nitrogens with zero attached hydrogens (tertiary/aromatic N) is 1. The summed E-state index contributed by atoms with van der Waals surface area (Å²) in [7, 11) is 0. The van der Waals surface area contributed by atoms with E-state index in [0.29, 0.717) is 55.7 Å². The predicted molar refractivity (Wildman–Crippen MR) is 146 cm³/mol. The van der Waals surface area contributed by atoms with Crippen molar-refractivity contribution < 1.29 is 23.8 Å². The second-order valence-corrected chi connectivity index (χ2v) is 8.88. The van der Waals surface area contributed by atoms with Crippen LogP contribution in [0.1, 0.15) is 37.9 Å². The number of allylic oxidation sites excluding steroid dienone is 1. The van der Waals surface area contributed by atoms with E-state index in [-0.39, 0.29) is 13.2 Å². The number of ether oxygens (including phenoxy) is 3. The Morgan fingerprint density at radius 2 is 1.84 bits per heavy atom. The van der Waals surface area contributed by atoms with Gasteiger partial charge in [0.1, 0.15) is 5.75 Å². The molecule has 0 saturated heterocycles. The molecule has 1 amide bonds. The minimum absolute atomic E-state index is 0.223. The fourth-order valence-corrected chi connectivity index (χ4v) is 4.43. The van der Waals surface area contributed by atoms with Crippen LogP contribution in [-0.2, 0) is 14.3 Å². The number of amides is 1. The van der Waals surface area contributed by atoms with Gasteiger partial charge in [0.15, 0.2) is 17.5 Å². The Labute approximate surface area is 230 Å². The standard InChI is InChI=1S/C25H26Cl2N4O5S/c1-4-34-23-17(26)10-15(11-18(23)27)12-28-31-20(32)13-36-19-9-7-6-8-16(19)22-21(24(33)35-5-2)14(3)29-25(37)30-22/h6-12,22H,4-5,13H2,1-3H3,(H,31,32)(H2,29,30,37)/t22-/m1/s1. The maximum absolute atomic E-state index is 12.7. The minimum atomic E-state index is -0.626. The maximum atomic E-state index is 12.7. The SMILES string of the molecule is CCOC(=O)C1=C(C)NC(=S)N[C@@H]1c1ccccc1OCC(=O)NN=Cc1cc(Cl)c(OCC)c(Cl)c1. The number of hydrogen-bond donors (Lipinski definition) is 3. The molecule has 0 bridgehead atoms. The Morgan fingerprint density at radius 3 is 2.51 bits per heavy atom. The summed E-state index contributed by atoms with van der Waals surface area (Å²) in [4.78, 5) is 25.0. The molecular weight excluding hydrogens is 539 g/mol. The number of halogens is 2. The average Bonchev–Trinajstić information content (AvgIpc) is 2.85. The Hall–Kier alpha value is -3.34. The van der Waals surface area contributed by atoms with E-state index in [1.807, 2.05) is 6.92 Å². The fourth-order valence-electron chi connectivity index (χ4n) is 3.55. The lowest BCUT2D eigenvalue weighted by Crippen LogP contribution is -2.45. The summed E-state index contributed by atoms with van der Waals surface area (Å²) in [6, 6.07) is 9.64. The summed E-state index contributed by atoms with van der Waals surface area (Å²) in [5.41, 5.74) is 4.53. The van der Waals surface area contributed by atoms with Crippen molar-refractivity contribution in [3.8, 4) is 11.5 Å². The van der Waals surface area contributed by atoms with Gasteiger partial charge in [0.25, 0.3) is 5.91 Å². The van der Waals surface area contributed by atoms with E-state index >= 15 is 0 Å². The number of hydrogen-bond acceptors (Lipinski definition) is 7. The number of esters is 1. The molecule has 3 rings (SSSR count). The van der Waals surface area contributed by atoms with Crippen molar-refractivity contribution in [2.45, 2.75) is 26.8 Å². The molecule has 0 fully saturated rings. The van der Waals surface area contributed by atoms with Crippen molar-refractivity contribution in [3.63, 3.8) is 0 Å². The molecule has 1 heterocycles. The van der Waals surface area contributed by atoms with Gasteiger partial charge in [-0.2, -0.15) is 5.10 Å². The zero-order valence-corrected chi connectivity index (χ0v) is 22.7. The topological polar surface area (TPSA) is 110 Å². The van der Waals surface area contributed by atoms with Gasteiger partial charge >= 0.3 is 5.97 Å². The van der Waals surface area contributed by atoms with Crippen molar-refractivity contribution in [2.24, 2.45) is 5.10 Å². The number of carbonyl (C=O) groups is 2. The first kappa shape index (κ1) is 28.2. The van der Waals surface area contributed by atoms with Crippen LogP contribution in [0.15, 0.2) is 52.8 Å². The van der Waals surface area contributed by atoms with E-state index in [2.05, 4.69) is 21.2 Å². The first-order valence-corrected chi connectivity index (χ1v) is 12.5. The van der Waals surface area contributed by atoms with Crippen LogP contribution in [0, 0.1) is 0 Å². The summed E-state index contributed by atoms with van der Waals surface area (Å²) in [5, 5.41) is 11.0. The molecule has 1 atom stereocenters. The largest absolute Gasteiger partial charge is 0.491 e. The number of benzene rings is 2. The van der Waals surface area contributed by atoms with E-state index in [0.717, 1.165) is 0 Å². The monoisotopic (exact) mass is 564 g/mol. The van der Waals surface area contributed by atoms with Crippen LogP contribution in [0.5, 0.6) is 11.5 Å². The number of rotatable bonds is 10. The molecule has 1 aliphatic heterocycles. The Morgan fingerprint density at radius 1 is 1.14 bits per heavy atom. The van der Waals surface area contributed by atoms with E-state index in [1.54, 1.807) is 50.2 Å². The second kappa shape index (κ2) is 13.3. The van der Waals surface area contributed by atoms with Gasteiger partial charge in [-0.3, -0.25) is 4.79 Å². The van der Waals surface area contributed by atoms with Crippen LogP contribution in [0.25, 0.3) is 0 Å². The fraction of sp³-hybridized carbons (Fsp3) is 0.280. The third-order valence-electron chi connectivity index (χ3n) is 5.07. The average molecular weight is 565 g/mol. The Balaban J connectivity index is 1.69. The Bertz CT molecular complexity index is 1230. The molecule has 9 nitrogen and oxygen atoms in total. The molecule has 0 radical (unpaired) electrons. The van der Waals surface area contributed by atoms with Gasteiger partial charge < -0.3 is 24.8 Å². The molecular formula is C25H26Cl2N4O5S. The van der Waals surface area contributed by atoms with Gasteiger partial charge in [0.2, 0.25) is 0 Å². The highest BCUT2D eigenvalue weighted by Crippen LogP contribution is 2.34. The maximum Gasteiger partial charge on any atom is 0.338 e. The second-order valence-electron chi connectivity index (χ2n) is 7.66. The number of para-hydroxylation sites is 1. The summed E-state index contributed by atoms with van der Waals surface area (Å²) >= 11 is 17.7. The minimum Gasteiger partial charge on any atom is -0.491 e. The number of carbonyl (C=O) groups excluding carboxylic acids is 2. The van der Waals surface area contributed by atoms with Gasteiger partial charge in [-0.15, -0.1) is 0 Å². The summed E-state index contributed by atoms with van der Waals surface area (Å²) < 4.78 is 16.4. The highest BCUT2D eigenvalue weighted by atomic mass is 35.5. The molecule has 196 valence electrons. The molecule has 1 aliphatic rings. The molecule has 2 aromatic rings. The highest BCUT2D eigenvalue weighted by Gasteiger charge is 2.32. The molecule has 0 spiro atoms. The quantitative estimate of drug-likeness (QED) is 0.170. The van der Waals surface area contributed by atoms with Gasteiger partial charge in [-0.05, 0) is 56.8 Å². The Kier molecular flexibility index (Phi) is 10.1. The van der Waals surface area contributed by atoms with Crippen LogP contribution in [0.4, 0.5) is 0 Å². The zero-order chi connectivity index (χ0) is 26.9. The molecule has 0 aliphatic carbocycles. The van der Waals surface area contributed by atoms with Crippen molar-refractivity contribution >= 4 is 58.6 Å². The first-order valence-electron chi connectivity index (χ1n) is 11.4.